The number of aryl methyl sites for hydroxylation is 1. The van der Waals surface area contributed by atoms with E-state index in [1.807, 2.05) is 48.5 Å². The van der Waals surface area contributed by atoms with Crippen molar-refractivity contribution in [2.45, 2.75) is 6.92 Å². The monoisotopic (exact) mass is 669 g/mol. The minimum atomic E-state index is 0.175. The Morgan fingerprint density at radius 2 is 1.27 bits per heavy atom. The molecule has 10 rings (SSSR count). The molecule has 0 amide bonds. The maximum Gasteiger partial charge on any atom is 0.145 e. The van der Waals surface area contributed by atoms with Gasteiger partial charge in [-0.25, -0.2) is 9.97 Å². The molecule has 4 heterocycles. The molecule has 6 aromatic carbocycles. The Bertz CT molecular complexity index is 2990. The first kappa shape index (κ1) is 29.9. The number of aromatic hydroxyl groups is 1. The summed E-state index contributed by atoms with van der Waals surface area (Å²) in [6.07, 6.45) is 2.12. The van der Waals surface area contributed by atoms with Gasteiger partial charge in [0, 0.05) is 44.6 Å². The van der Waals surface area contributed by atoms with Gasteiger partial charge in [-0.15, -0.1) is 0 Å². The van der Waals surface area contributed by atoms with Crippen LogP contribution in [0, 0.1) is 6.92 Å². The topological polar surface area (TPSA) is 63.6 Å². The maximum atomic E-state index is 11.0. The second-order valence-electron chi connectivity index (χ2n) is 13.3. The van der Waals surface area contributed by atoms with Crippen molar-refractivity contribution in [3.05, 3.63) is 169 Å². The number of benzene rings is 6. The molecule has 0 aliphatic carbocycles. The van der Waals surface area contributed by atoms with Gasteiger partial charge < -0.3 is 9.52 Å². The molecule has 1 N–H and O–H groups in total. The quantitative estimate of drug-likeness (QED) is 0.198. The number of aromatic nitrogens is 3. The van der Waals surface area contributed by atoms with Crippen molar-refractivity contribution in [1.29, 1.82) is 0 Å². The Morgan fingerprint density at radius 3 is 2.12 bits per heavy atom. The summed E-state index contributed by atoms with van der Waals surface area (Å²) < 4.78 is 8.88. The number of hydrogen-bond donors (Lipinski definition) is 1. The molecule has 0 saturated carbocycles. The van der Waals surface area contributed by atoms with Crippen LogP contribution >= 0.6 is 0 Å². The average Bonchev–Trinajstić information content (AvgIpc) is 3.77. The van der Waals surface area contributed by atoms with E-state index in [4.69, 9.17) is 14.4 Å². The Labute approximate surface area is 299 Å². The van der Waals surface area contributed by atoms with Crippen molar-refractivity contribution >= 4 is 38.4 Å². The number of furan rings is 1. The molecule has 4 aromatic heterocycles. The first-order valence-corrected chi connectivity index (χ1v) is 17.4. The summed E-state index contributed by atoms with van der Waals surface area (Å²) in [6.45, 7) is 2.10. The third kappa shape index (κ3) is 4.86. The van der Waals surface area contributed by atoms with E-state index in [0.29, 0.717) is 11.3 Å². The van der Waals surface area contributed by atoms with Gasteiger partial charge in [-0.3, -0.25) is 4.40 Å². The smallest absolute Gasteiger partial charge is 0.145 e. The van der Waals surface area contributed by atoms with Crippen LogP contribution in [-0.4, -0.2) is 19.5 Å². The molecule has 0 fully saturated rings. The first-order chi connectivity index (χ1) is 25.6. The minimum Gasteiger partial charge on any atom is -0.507 e. The van der Waals surface area contributed by atoms with E-state index in [-0.39, 0.29) is 5.75 Å². The van der Waals surface area contributed by atoms with Crippen molar-refractivity contribution in [1.82, 2.24) is 14.4 Å². The highest BCUT2D eigenvalue weighted by Crippen LogP contribution is 2.43. The predicted molar refractivity (Wildman–Crippen MR) is 211 cm³/mol. The van der Waals surface area contributed by atoms with Gasteiger partial charge in [0.05, 0.1) is 22.8 Å². The van der Waals surface area contributed by atoms with E-state index in [9.17, 15) is 5.11 Å². The van der Waals surface area contributed by atoms with Crippen LogP contribution in [0.2, 0.25) is 0 Å². The number of phenolic OH excluding ortho intramolecular Hbond substituents is 1. The van der Waals surface area contributed by atoms with Crippen LogP contribution in [0.1, 0.15) is 5.56 Å². The number of pyridine rings is 2. The Morgan fingerprint density at radius 1 is 0.538 bits per heavy atom. The number of phenols is 1. The van der Waals surface area contributed by atoms with E-state index in [0.717, 1.165) is 88.8 Å². The molecule has 246 valence electrons. The third-order valence-corrected chi connectivity index (χ3v) is 9.95. The highest BCUT2D eigenvalue weighted by molar-refractivity contribution is 6.12. The predicted octanol–water partition coefficient (Wildman–Crippen LogP) is 12.1. The molecular formula is C47H31N3O2. The van der Waals surface area contributed by atoms with Gasteiger partial charge in [0.1, 0.15) is 22.6 Å². The molecule has 5 nitrogen and oxygen atoms in total. The zero-order valence-electron chi connectivity index (χ0n) is 28.3. The summed E-state index contributed by atoms with van der Waals surface area (Å²) in [7, 11) is 0. The highest BCUT2D eigenvalue weighted by atomic mass is 16.3. The van der Waals surface area contributed by atoms with Crippen LogP contribution in [0.5, 0.6) is 5.75 Å². The van der Waals surface area contributed by atoms with Gasteiger partial charge >= 0.3 is 0 Å². The summed E-state index contributed by atoms with van der Waals surface area (Å²) in [6, 6.07) is 53.5. The van der Waals surface area contributed by atoms with Crippen LogP contribution in [0.4, 0.5) is 0 Å². The fourth-order valence-corrected chi connectivity index (χ4v) is 7.48. The van der Waals surface area contributed by atoms with Crippen molar-refractivity contribution in [2.75, 3.05) is 0 Å². The molecule has 0 radical (unpaired) electrons. The minimum absolute atomic E-state index is 0.175. The second kappa shape index (κ2) is 11.8. The number of imidazole rings is 1. The van der Waals surface area contributed by atoms with Crippen LogP contribution in [-0.2, 0) is 0 Å². The standard InChI is InChI=1S/C47H31N3O2/c1-29-12-11-16-32(24-29)33-27-40(37-19-7-9-20-42(37)51)48-41(28-33)39-26-34(25-38-36-18-8-10-21-43(36)52-46(38)39)44-45(31-14-3-2-4-15-31)50-23-22-30-13-5-6-17-35(30)47(50)49-44/h2-28,51H,1H3. The number of rotatable bonds is 5. The van der Waals surface area contributed by atoms with Gasteiger partial charge in [0.15, 0.2) is 0 Å². The molecule has 5 heteroatoms. The molecule has 0 bridgehead atoms. The van der Waals surface area contributed by atoms with Crippen molar-refractivity contribution in [3.63, 3.8) is 0 Å². The van der Waals surface area contributed by atoms with Crippen molar-refractivity contribution in [3.8, 4) is 61.9 Å². The molecule has 0 aliphatic rings. The van der Waals surface area contributed by atoms with Crippen LogP contribution < -0.4 is 0 Å². The van der Waals surface area contributed by atoms with E-state index < -0.39 is 0 Å². The fraction of sp³-hybridized carbons (Fsp3) is 0.0213. The molecule has 10 aromatic rings. The van der Waals surface area contributed by atoms with Crippen molar-refractivity contribution < 1.29 is 9.52 Å². The van der Waals surface area contributed by atoms with Crippen LogP contribution in [0.3, 0.4) is 0 Å². The maximum absolute atomic E-state index is 11.0. The molecule has 0 spiro atoms. The molecular weight excluding hydrogens is 639 g/mol. The first-order valence-electron chi connectivity index (χ1n) is 17.4. The highest BCUT2D eigenvalue weighted by Gasteiger charge is 2.23. The molecule has 0 atom stereocenters. The lowest BCUT2D eigenvalue weighted by Crippen LogP contribution is -1.94. The third-order valence-electron chi connectivity index (χ3n) is 9.95. The largest absolute Gasteiger partial charge is 0.507 e. The summed E-state index contributed by atoms with van der Waals surface area (Å²) in [5.74, 6) is 0.175. The Balaban J connectivity index is 1.31. The SMILES string of the molecule is Cc1cccc(-c2cc(-c3ccccc3O)nc(-c3cc(-c4nc5c6ccccc6ccn5c4-c4ccccc4)cc4c3oc3ccccc34)c2)c1. The van der Waals surface area contributed by atoms with Crippen molar-refractivity contribution in [2.24, 2.45) is 0 Å². The van der Waals surface area contributed by atoms with Crippen LogP contribution in [0.25, 0.3) is 94.5 Å². The lowest BCUT2D eigenvalue weighted by Gasteiger charge is -2.13. The summed E-state index contributed by atoms with van der Waals surface area (Å²) >= 11 is 0. The lowest BCUT2D eigenvalue weighted by molar-refractivity contribution is 0.477. The van der Waals surface area contributed by atoms with Gasteiger partial charge in [-0.05, 0) is 72.0 Å². The average molecular weight is 670 g/mol. The molecule has 52 heavy (non-hydrogen) atoms. The van der Waals surface area contributed by atoms with Gasteiger partial charge in [-0.2, -0.15) is 0 Å². The zero-order chi connectivity index (χ0) is 34.8. The summed E-state index contributed by atoms with van der Waals surface area (Å²) in [5.41, 5.74) is 12.5. The van der Waals surface area contributed by atoms with Gasteiger partial charge in [0.25, 0.3) is 0 Å². The molecule has 0 aliphatic heterocycles. The van der Waals surface area contributed by atoms with E-state index in [1.54, 1.807) is 6.07 Å². The van der Waals surface area contributed by atoms with E-state index in [2.05, 4.69) is 121 Å². The number of nitrogens with zero attached hydrogens (tertiary/aromatic N) is 3. The molecule has 0 saturated heterocycles. The van der Waals surface area contributed by atoms with E-state index >= 15 is 0 Å². The van der Waals surface area contributed by atoms with E-state index in [1.165, 1.54) is 0 Å². The summed E-state index contributed by atoms with van der Waals surface area (Å²) in [5, 5.41) is 15.2. The van der Waals surface area contributed by atoms with Gasteiger partial charge in [0.2, 0.25) is 0 Å². The zero-order valence-corrected chi connectivity index (χ0v) is 28.3. The number of fused-ring (bicyclic) bond motifs is 6. The normalized spacial score (nSPS) is 11.6. The van der Waals surface area contributed by atoms with Gasteiger partial charge in [-0.1, -0.05) is 115 Å². The summed E-state index contributed by atoms with van der Waals surface area (Å²) in [4.78, 5) is 10.7. The molecule has 0 unspecified atom stereocenters. The fourth-order valence-electron chi connectivity index (χ4n) is 7.48. The Kier molecular flexibility index (Phi) is 6.80. The lowest BCUT2D eigenvalue weighted by atomic mass is 9.95. The van der Waals surface area contributed by atoms with Crippen LogP contribution in [0.15, 0.2) is 168 Å². The number of para-hydroxylation sites is 2. The Hall–Kier alpha value is -6.98. The number of hydrogen-bond acceptors (Lipinski definition) is 4. The second-order valence-corrected chi connectivity index (χ2v) is 13.3.